The summed E-state index contributed by atoms with van der Waals surface area (Å²) in [4.78, 5) is 21.2. The normalized spacial score (nSPS) is 22.9. The topological polar surface area (TPSA) is 70.6 Å². The summed E-state index contributed by atoms with van der Waals surface area (Å²) in [6.07, 6.45) is 3.23. The molecular formula is C21H25N3O3S. The number of carbonyl (C=O) groups excluding carboxylic acids is 1. The summed E-state index contributed by atoms with van der Waals surface area (Å²) in [5.41, 5.74) is 3.81. The minimum Gasteiger partial charge on any atom is -0.337 e. The molecular weight excluding hydrogens is 374 g/mol. The van der Waals surface area contributed by atoms with E-state index in [2.05, 4.69) is 35.0 Å². The number of benzene rings is 1. The third kappa shape index (κ3) is 3.39. The van der Waals surface area contributed by atoms with Gasteiger partial charge in [0, 0.05) is 24.3 Å². The van der Waals surface area contributed by atoms with Gasteiger partial charge >= 0.3 is 0 Å². The molecule has 4 rings (SSSR count). The molecule has 28 heavy (non-hydrogen) atoms. The summed E-state index contributed by atoms with van der Waals surface area (Å²) in [6.45, 7) is 4.53. The third-order valence-electron chi connectivity index (χ3n) is 5.70. The maximum atomic E-state index is 12.9. The number of carbonyl (C=O) groups is 1. The Bertz CT molecular complexity index is 988. The minimum absolute atomic E-state index is 0.0484. The highest BCUT2D eigenvalue weighted by Gasteiger charge is 2.34. The van der Waals surface area contributed by atoms with Crippen molar-refractivity contribution in [2.75, 3.05) is 23.0 Å². The molecule has 3 heterocycles. The van der Waals surface area contributed by atoms with Crippen LogP contribution in [-0.2, 0) is 16.3 Å². The number of hydrogen-bond acceptors (Lipinski definition) is 5. The zero-order chi connectivity index (χ0) is 19.9. The molecule has 1 saturated heterocycles. The maximum Gasteiger partial charge on any atom is 0.272 e. The zero-order valence-electron chi connectivity index (χ0n) is 16.2. The Morgan fingerprint density at radius 1 is 1.25 bits per heavy atom. The lowest BCUT2D eigenvalue weighted by molar-refractivity contribution is 0.0702. The van der Waals surface area contributed by atoms with Crippen LogP contribution in [0.1, 0.15) is 36.3 Å². The Kier molecular flexibility index (Phi) is 4.87. The van der Waals surface area contributed by atoms with Crippen molar-refractivity contribution in [3.8, 4) is 0 Å². The number of aromatic nitrogens is 1. The van der Waals surface area contributed by atoms with Crippen molar-refractivity contribution in [3.63, 3.8) is 0 Å². The highest BCUT2D eigenvalue weighted by atomic mass is 32.2. The number of rotatable bonds is 4. The monoisotopic (exact) mass is 399 g/mol. The molecule has 2 aromatic rings. The lowest BCUT2D eigenvalue weighted by atomic mass is 10.1. The van der Waals surface area contributed by atoms with Crippen LogP contribution in [0.4, 0.5) is 11.4 Å². The molecule has 0 spiro atoms. The van der Waals surface area contributed by atoms with Crippen molar-refractivity contribution in [1.29, 1.82) is 0 Å². The van der Waals surface area contributed by atoms with Crippen LogP contribution in [0, 0.1) is 0 Å². The van der Waals surface area contributed by atoms with Crippen LogP contribution < -0.4 is 4.90 Å². The molecule has 0 radical (unpaired) electrons. The lowest BCUT2D eigenvalue weighted by Crippen LogP contribution is -2.41. The number of hydrogen-bond donors (Lipinski definition) is 0. The molecule has 148 valence electrons. The van der Waals surface area contributed by atoms with Crippen LogP contribution in [-0.4, -0.2) is 54.3 Å². The first-order chi connectivity index (χ1) is 13.4. The Morgan fingerprint density at radius 3 is 2.68 bits per heavy atom. The second-order valence-corrected chi connectivity index (χ2v) is 9.83. The molecule has 0 bridgehead atoms. The predicted octanol–water partition coefficient (Wildman–Crippen LogP) is 2.81. The van der Waals surface area contributed by atoms with E-state index in [4.69, 9.17) is 0 Å². The molecule has 7 heteroatoms. The molecule has 2 unspecified atom stereocenters. The number of pyridine rings is 1. The van der Waals surface area contributed by atoms with Crippen LogP contribution in [0.5, 0.6) is 0 Å². The minimum atomic E-state index is -3.04. The highest BCUT2D eigenvalue weighted by molar-refractivity contribution is 7.91. The van der Waals surface area contributed by atoms with E-state index in [1.54, 1.807) is 17.2 Å². The van der Waals surface area contributed by atoms with Gasteiger partial charge in [-0.15, -0.1) is 0 Å². The number of amides is 1. The second-order valence-electron chi connectivity index (χ2n) is 7.60. The van der Waals surface area contributed by atoms with Crippen molar-refractivity contribution >= 4 is 27.1 Å². The number of fused-ring (bicyclic) bond motifs is 1. The van der Waals surface area contributed by atoms with Crippen LogP contribution in [0.3, 0.4) is 0 Å². The van der Waals surface area contributed by atoms with Gasteiger partial charge in [0.2, 0.25) is 0 Å². The number of para-hydroxylation sites is 1. The smallest absolute Gasteiger partial charge is 0.272 e. The Labute approximate surface area is 166 Å². The first-order valence-electron chi connectivity index (χ1n) is 9.74. The molecule has 2 aliphatic rings. The van der Waals surface area contributed by atoms with E-state index < -0.39 is 9.84 Å². The summed E-state index contributed by atoms with van der Waals surface area (Å²) < 4.78 is 23.6. The summed E-state index contributed by atoms with van der Waals surface area (Å²) >= 11 is 0. The molecule has 1 amide bonds. The molecule has 6 nitrogen and oxygen atoms in total. The summed E-state index contributed by atoms with van der Waals surface area (Å²) in [5, 5.41) is 0. The van der Waals surface area contributed by atoms with Gasteiger partial charge in [-0.2, -0.15) is 0 Å². The first kappa shape index (κ1) is 18.9. The van der Waals surface area contributed by atoms with E-state index in [1.807, 2.05) is 19.1 Å². The molecule has 1 aromatic heterocycles. The van der Waals surface area contributed by atoms with Gasteiger partial charge in [0.1, 0.15) is 5.69 Å². The van der Waals surface area contributed by atoms with E-state index in [0.717, 1.165) is 12.1 Å². The molecule has 1 fully saturated rings. The number of sulfone groups is 1. The standard InChI is InChI=1S/C21H25N3O3S/c1-3-23(18-10-11-28(26,27)14-18)21(25)19-9-8-17(13-22-19)24-15(2)12-16-6-4-5-7-20(16)24/h4-9,13,15,18H,3,10-12,14H2,1-2H3. The van der Waals surface area contributed by atoms with E-state index >= 15 is 0 Å². The van der Waals surface area contributed by atoms with Crippen molar-refractivity contribution in [3.05, 3.63) is 53.9 Å². The quantitative estimate of drug-likeness (QED) is 0.791. The van der Waals surface area contributed by atoms with Crippen molar-refractivity contribution < 1.29 is 13.2 Å². The van der Waals surface area contributed by atoms with Gasteiger partial charge in [0.15, 0.2) is 9.84 Å². The maximum absolute atomic E-state index is 12.9. The average Bonchev–Trinajstić information content (AvgIpc) is 3.20. The third-order valence-corrected chi connectivity index (χ3v) is 7.45. The van der Waals surface area contributed by atoms with E-state index in [-0.39, 0.29) is 23.5 Å². The van der Waals surface area contributed by atoms with Crippen LogP contribution in [0.25, 0.3) is 0 Å². The Balaban J connectivity index is 1.55. The van der Waals surface area contributed by atoms with Gasteiger partial charge in [0.05, 0.1) is 23.4 Å². The first-order valence-corrected chi connectivity index (χ1v) is 11.6. The van der Waals surface area contributed by atoms with Crippen molar-refractivity contribution in [2.24, 2.45) is 0 Å². The van der Waals surface area contributed by atoms with Crippen LogP contribution in [0.2, 0.25) is 0 Å². The molecule has 1 aromatic carbocycles. The van der Waals surface area contributed by atoms with Crippen molar-refractivity contribution in [2.45, 2.75) is 38.8 Å². The SMILES string of the molecule is CCN(C(=O)c1ccc(N2c3ccccc3CC2C)cn1)C1CCS(=O)(=O)C1. The summed E-state index contributed by atoms with van der Waals surface area (Å²) in [5.74, 6) is -0.00156. The van der Waals surface area contributed by atoms with Crippen LogP contribution >= 0.6 is 0 Å². The fraction of sp³-hybridized carbons (Fsp3) is 0.429. The van der Waals surface area contributed by atoms with E-state index in [9.17, 15) is 13.2 Å². The summed E-state index contributed by atoms with van der Waals surface area (Å²) in [7, 11) is -3.04. The molecule has 2 aliphatic heterocycles. The number of nitrogens with zero attached hydrogens (tertiary/aromatic N) is 3. The predicted molar refractivity (Wildman–Crippen MR) is 110 cm³/mol. The van der Waals surface area contributed by atoms with Gasteiger partial charge in [0.25, 0.3) is 5.91 Å². The average molecular weight is 400 g/mol. The fourth-order valence-electron chi connectivity index (χ4n) is 4.35. The van der Waals surface area contributed by atoms with Gasteiger partial charge in [-0.3, -0.25) is 4.79 Å². The highest BCUT2D eigenvalue weighted by Crippen LogP contribution is 2.37. The largest absolute Gasteiger partial charge is 0.337 e. The fourth-order valence-corrected chi connectivity index (χ4v) is 6.08. The zero-order valence-corrected chi connectivity index (χ0v) is 17.0. The van der Waals surface area contributed by atoms with Crippen LogP contribution in [0.15, 0.2) is 42.6 Å². The second kappa shape index (κ2) is 7.20. The molecule has 0 N–H and O–H groups in total. The van der Waals surface area contributed by atoms with Gasteiger partial charge in [-0.05, 0) is 50.5 Å². The summed E-state index contributed by atoms with van der Waals surface area (Å²) in [6, 6.07) is 12.1. The molecule has 2 atom stereocenters. The Morgan fingerprint density at radius 2 is 2.04 bits per heavy atom. The van der Waals surface area contributed by atoms with Gasteiger partial charge in [-0.25, -0.2) is 13.4 Å². The van der Waals surface area contributed by atoms with E-state index in [0.29, 0.717) is 24.7 Å². The van der Waals surface area contributed by atoms with Crippen molar-refractivity contribution in [1.82, 2.24) is 9.88 Å². The molecule has 0 aliphatic carbocycles. The van der Waals surface area contributed by atoms with Gasteiger partial charge in [-0.1, -0.05) is 18.2 Å². The van der Waals surface area contributed by atoms with Gasteiger partial charge < -0.3 is 9.80 Å². The number of anilines is 2. The molecule has 0 saturated carbocycles. The Hall–Kier alpha value is -2.41. The van der Waals surface area contributed by atoms with E-state index in [1.165, 1.54) is 11.3 Å². The lowest BCUT2D eigenvalue weighted by Gasteiger charge is -2.27.